The van der Waals surface area contributed by atoms with Crippen molar-refractivity contribution in [3.63, 3.8) is 0 Å². The van der Waals surface area contributed by atoms with Crippen molar-refractivity contribution < 1.29 is 14.1 Å². The van der Waals surface area contributed by atoms with E-state index in [1.54, 1.807) is 4.90 Å². The average molecular weight is 383 g/mol. The first-order chi connectivity index (χ1) is 13.5. The lowest BCUT2D eigenvalue weighted by atomic mass is 9.96. The predicted octanol–water partition coefficient (Wildman–Crippen LogP) is 1.44. The minimum Gasteiger partial charge on any atom is -0.363 e. The summed E-state index contributed by atoms with van der Waals surface area (Å²) < 4.78 is 4.87. The highest BCUT2D eigenvalue weighted by Crippen LogP contribution is 2.28. The van der Waals surface area contributed by atoms with Crippen LogP contribution < -0.4 is 11.1 Å². The second-order valence-corrected chi connectivity index (χ2v) is 6.94. The van der Waals surface area contributed by atoms with E-state index in [-0.39, 0.29) is 24.3 Å². The van der Waals surface area contributed by atoms with Crippen LogP contribution in [0, 0.1) is 6.92 Å². The molecule has 0 aliphatic carbocycles. The summed E-state index contributed by atoms with van der Waals surface area (Å²) in [5.74, 6) is 0.432. The Morgan fingerprint density at radius 2 is 2.11 bits per heavy atom. The first-order valence-corrected chi connectivity index (χ1v) is 9.11. The summed E-state index contributed by atoms with van der Waals surface area (Å²) in [7, 11) is 0. The number of nitrogens with two attached hydrogens (primary N) is 1. The van der Waals surface area contributed by atoms with Gasteiger partial charge in [-0.3, -0.25) is 4.79 Å². The summed E-state index contributed by atoms with van der Waals surface area (Å²) in [5, 5.41) is 6.16. The summed E-state index contributed by atoms with van der Waals surface area (Å²) in [5.41, 5.74) is 8.27. The second-order valence-electron chi connectivity index (χ2n) is 6.94. The number of amides is 3. The van der Waals surface area contributed by atoms with E-state index in [2.05, 4.69) is 39.5 Å². The molecule has 1 fully saturated rings. The quantitative estimate of drug-likeness (QED) is 0.622. The predicted molar refractivity (Wildman–Crippen MR) is 99.4 cm³/mol. The summed E-state index contributed by atoms with van der Waals surface area (Å²) >= 11 is 0. The summed E-state index contributed by atoms with van der Waals surface area (Å²) in [6, 6.07) is 5.96. The number of nitrogens with one attached hydrogen (secondary N) is 2. The van der Waals surface area contributed by atoms with E-state index in [0.29, 0.717) is 19.0 Å². The first-order valence-electron chi connectivity index (χ1n) is 9.11. The van der Waals surface area contributed by atoms with Crippen molar-refractivity contribution in [1.29, 1.82) is 0 Å². The molecule has 0 radical (unpaired) electrons. The molecule has 1 aromatic carbocycles. The molecule has 1 aliphatic heterocycles. The number of piperidine rings is 1. The van der Waals surface area contributed by atoms with Gasteiger partial charge in [-0.15, -0.1) is 0 Å². The molecule has 0 unspecified atom stereocenters. The molecule has 146 valence electrons. The van der Waals surface area contributed by atoms with Crippen LogP contribution in [0.5, 0.6) is 0 Å². The van der Waals surface area contributed by atoms with Crippen molar-refractivity contribution in [1.82, 2.24) is 30.3 Å². The lowest BCUT2D eigenvalue weighted by Crippen LogP contribution is -2.44. The Bertz CT molecular complexity index is 1020. The Morgan fingerprint density at radius 3 is 2.82 bits per heavy atom. The smallest absolute Gasteiger partial charge is 0.317 e. The van der Waals surface area contributed by atoms with Crippen LogP contribution in [-0.2, 0) is 6.54 Å². The Balaban J connectivity index is 1.31. The molecule has 10 heteroatoms. The Labute approximate surface area is 160 Å². The van der Waals surface area contributed by atoms with E-state index in [1.807, 2.05) is 6.07 Å². The van der Waals surface area contributed by atoms with E-state index >= 15 is 0 Å². The molecular weight excluding hydrogens is 362 g/mol. The van der Waals surface area contributed by atoms with E-state index in [4.69, 9.17) is 15.2 Å². The van der Waals surface area contributed by atoms with Gasteiger partial charge >= 0.3 is 6.03 Å². The zero-order chi connectivity index (χ0) is 19.7. The minimum atomic E-state index is -0.774. The fourth-order valence-electron chi connectivity index (χ4n) is 3.38. The normalized spacial score (nSPS) is 15.1. The molecule has 0 saturated carbocycles. The highest BCUT2D eigenvalue weighted by molar-refractivity contribution is 5.88. The zero-order valence-electron chi connectivity index (χ0n) is 15.4. The largest absolute Gasteiger partial charge is 0.363 e. The van der Waals surface area contributed by atoms with Gasteiger partial charge in [-0.05, 0) is 37.5 Å². The number of primary amides is 1. The number of aryl methyl sites for hydroxylation is 1. The molecule has 0 atom stereocenters. The fourth-order valence-corrected chi connectivity index (χ4v) is 3.38. The summed E-state index contributed by atoms with van der Waals surface area (Å²) in [6.45, 7) is 3.36. The van der Waals surface area contributed by atoms with Crippen LogP contribution >= 0.6 is 0 Å². The maximum Gasteiger partial charge on any atom is 0.317 e. The number of carbonyl (C=O) groups is 2. The third-order valence-electron chi connectivity index (χ3n) is 4.90. The van der Waals surface area contributed by atoms with Gasteiger partial charge in [-0.1, -0.05) is 11.2 Å². The van der Waals surface area contributed by atoms with E-state index in [9.17, 15) is 9.59 Å². The van der Waals surface area contributed by atoms with Crippen LogP contribution in [-0.4, -0.2) is 50.0 Å². The number of likely N-dealkylation sites (tertiary alicyclic amines) is 1. The van der Waals surface area contributed by atoms with Gasteiger partial charge in [0.25, 0.3) is 11.7 Å². The Morgan fingerprint density at radius 1 is 1.32 bits per heavy atom. The molecule has 1 aliphatic rings. The number of imidazole rings is 1. The number of urea groups is 1. The number of benzene rings is 1. The minimum absolute atomic E-state index is 0.0436. The highest BCUT2D eigenvalue weighted by Gasteiger charge is 2.26. The van der Waals surface area contributed by atoms with Gasteiger partial charge in [0, 0.05) is 19.0 Å². The molecule has 4 N–H and O–H groups in total. The maximum atomic E-state index is 12.3. The van der Waals surface area contributed by atoms with E-state index in [0.717, 1.165) is 29.7 Å². The molecule has 2 aromatic heterocycles. The first kappa shape index (κ1) is 18.0. The van der Waals surface area contributed by atoms with Crippen LogP contribution in [0.4, 0.5) is 4.79 Å². The number of fused-ring (bicyclic) bond motifs is 1. The average Bonchev–Trinajstić information content (AvgIpc) is 3.33. The van der Waals surface area contributed by atoms with Crippen LogP contribution in [0.3, 0.4) is 0 Å². The topological polar surface area (TPSA) is 143 Å². The van der Waals surface area contributed by atoms with Crippen molar-refractivity contribution >= 4 is 23.0 Å². The van der Waals surface area contributed by atoms with Crippen molar-refractivity contribution in [2.45, 2.75) is 32.2 Å². The summed E-state index contributed by atoms with van der Waals surface area (Å²) in [6.07, 6.45) is 1.66. The Hall–Kier alpha value is -3.43. The lowest BCUT2D eigenvalue weighted by molar-refractivity contribution is 0.0987. The van der Waals surface area contributed by atoms with Crippen molar-refractivity contribution in [3.05, 3.63) is 41.3 Å². The van der Waals surface area contributed by atoms with Crippen molar-refractivity contribution in [3.8, 4) is 0 Å². The standard InChI is InChI=1S/C18H21N7O3/c1-10-2-3-12-13(8-10)22-16(21-12)11-4-6-25(7-5-11)18(27)20-9-14-23-17(15(19)26)24-28-14/h2-3,8,11H,4-7,9H2,1H3,(H2,19,26)(H,20,27)(H,21,22). The summed E-state index contributed by atoms with van der Waals surface area (Å²) in [4.78, 5) is 37.0. The Kier molecular flexibility index (Phi) is 4.68. The lowest BCUT2D eigenvalue weighted by Gasteiger charge is -2.31. The number of nitrogens with zero attached hydrogens (tertiary/aromatic N) is 4. The molecule has 3 heterocycles. The van der Waals surface area contributed by atoms with Crippen LogP contribution in [0.1, 0.15) is 46.7 Å². The van der Waals surface area contributed by atoms with Gasteiger partial charge in [0.2, 0.25) is 5.89 Å². The van der Waals surface area contributed by atoms with E-state index < -0.39 is 5.91 Å². The molecule has 28 heavy (non-hydrogen) atoms. The van der Waals surface area contributed by atoms with Crippen molar-refractivity contribution in [2.75, 3.05) is 13.1 Å². The van der Waals surface area contributed by atoms with E-state index in [1.165, 1.54) is 5.56 Å². The van der Waals surface area contributed by atoms with Crippen LogP contribution in [0.15, 0.2) is 22.7 Å². The SMILES string of the molecule is Cc1ccc2nc(C3CCN(C(=O)NCc4nc(C(N)=O)no4)CC3)[nH]c2c1. The van der Waals surface area contributed by atoms with Gasteiger partial charge in [0.15, 0.2) is 0 Å². The highest BCUT2D eigenvalue weighted by atomic mass is 16.5. The molecule has 4 rings (SSSR count). The molecule has 3 aromatic rings. The number of hydrogen-bond acceptors (Lipinski definition) is 6. The molecule has 3 amide bonds. The molecule has 1 saturated heterocycles. The third-order valence-corrected chi connectivity index (χ3v) is 4.90. The van der Waals surface area contributed by atoms with Gasteiger partial charge in [0.1, 0.15) is 5.82 Å². The van der Waals surface area contributed by atoms with Gasteiger partial charge < -0.3 is 25.5 Å². The number of hydrogen-bond donors (Lipinski definition) is 3. The van der Waals surface area contributed by atoms with Gasteiger partial charge in [-0.2, -0.15) is 4.98 Å². The zero-order valence-corrected chi connectivity index (χ0v) is 15.4. The number of aromatic nitrogens is 4. The second kappa shape index (κ2) is 7.29. The van der Waals surface area contributed by atoms with Gasteiger partial charge in [0.05, 0.1) is 17.6 Å². The molecule has 0 bridgehead atoms. The molecule has 10 nitrogen and oxygen atoms in total. The molecular formula is C18H21N7O3. The maximum absolute atomic E-state index is 12.3. The van der Waals surface area contributed by atoms with Crippen molar-refractivity contribution in [2.24, 2.45) is 5.73 Å². The monoisotopic (exact) mass is 383 g/mol. The third kappa shape index (κ3) is 3.66. The van der Waals surface area contributed by atoms with Gasteiger partial charge in [-0.25, -0.2) is 9.78 Å². The number of aromatic amines is 1. The van der Waals surface area contributed by atoms with Crippen LogP contribution in [0.25, 0.3) is 11.0 Å². The fraction of sp³-hybridized carbons (Fsp3) is 0.389. The number of H-pyrrole nitrogens is 1. The number of rotatable bonds is 4. The number of carbonyl (C=O) groups excluding carboxylic acids is 2. The molecule has 0 spiro atoms. The van der Waals surface area contributed by atoms with Crippen LogP contribution in [0.2, 0.25) is 0 Å².